The summed E-state index contributed by atoms with van der Waals surface area (Å²) in [7, 11) is -0.878. The molecule has 2 aromatic carbocycles. The van der Waals surface area contributed by atoms with E-state index < -0.39 is 13.7 Å². The molecule has 0 aromatic heterocycles. The number of amides is 1. The molecule has 168 valence electrons. The number of primary amides is 1. The number of nitrogens with two attached hydrogens (primary N) is 1. The molecule has 2 N–H and O–H groups in total. The number of hydrogen-bond acceptors (Lipinski definition) is 3. The lowest BCUT2D eigenvalue weighted by molar-refractivity contribution is -0.141. The second-order valence-electron chi connectivity index (χ2n) is 10.1. The molecule has 0 saturated heterocycles. The normalized spacial score (nSPS) is 24.7. The van der Waals surface area contributed by atoms with Crippen molar-refractivity contribution < 1.29 is 14.0 Å². The molecule has 2 aromatic rings. The van der Waals surface area contributed by atoms with Crippen molar-refractivity contribution in [2.24, 2.45) is 17.1 Å². The fraction of sp³-hybridized carbons (Fsp3) is 0.500. The number of benzene rings is 2. The maximum atomic E-state index is 12.1. The van der Waals surface area contributed by atoms with Gasteiger partial charge in [-0.1, -0.05) is 81.4 Å². The van der Waals surface area contributed by atoms with Gasteiger partial charge in [-0.25, -0.2) is 0 Å². The van der Waals surface area contributed by atoms with Crippen LogP contribution in [0.25, 0.3) is 0 Å². The molecular weight excluding hydrogens is 402 g/mol. The summed E-state index contributed by atoms with van der Waals surface area (Å²) < 4.78 is 12.8. The van der Waals surface area contributed by atoms with Crippen molar-refractivity contribution in [3.8, 4) is 0 Å². The predicted octanol–water partition coefficient (Wildman–Crippen LogP) is 3.87. The fourth-order valence-electron chi connectivity index (χ4n) is 5.14. The lowest BCUT2D eigenvalue weighted by Crippen LogP contribution is -2.67. The van der Waals surface area contributed by atoms with Gasteiger partial charge in [-0.2, -0.15) is 0 Å². The Labute approximate surface area is 188 Å². The van der Waals surface area contributed by atoms with Gasteiger partial charge >= 0.3 is 0 Å². The molecule has 3 atom stereocenters. The van der Waals surface area contributed by atoms with Gasteiger partial charge < -0.3 is 14.9 Å². The van der Waals surface area contributed by atoms with Crippen LogP contribution in [-0.2, 0) is 14.0 Å². The lowest BCUT2D eigenvalue weighted by atomic mass is 9.69. The molecule has 0 heterocycles. The van der Waals surface area contributed by atoms with Gasteiger partial charge in [0.15, 0.2) is 0 Å². The van der Waals surface area contributed by atoms with E-state index in [1.54, 1.807) is 7.11 Å². The first kappa shape index (κ1) is 23.7. The van der Waals surface area contributed by atoms with E-state index in [1.807, 2.05) is 6.92 Å². The van der Waals surface area contributed by atoms with Crippen LogP contribution in [0.4, 0.5) is 0 Å². The number of ether oxygens (including phenoxy) is 1. The number of hydrogen-bond donors (Lipinski definition) is 1. The Morgan fingerprint density at radius 3 is 2.00 bits per heavy atom. The van der Waals surface area contributed by atoms with Gasteiger partial charge in [-0.15, -0.1) is 0 Å². The molecule has 1 aliphatic rings. The van der Waals surface area contributed by atoms with Crippen LogP contribution >= 0.6 is 0 Å². The second kappa shape index (κ2) is 9.27. The largest absolute Gasteiger partial charge is 0.407 e. The van der Waals surface area contributed by atoms with Crippen molar-refractivity contribution in [3.05, 3.63) is 60.7 Å². The van der Waals surface area contributed by atoms with E-state index in [0.717, 1.165) is 19.3 Å². The Bertz CT molecular complexity index is 826. The van der Waals surface area contributed by atoms with Gasteiger partial charge in [0, 0.05) is 13.7 Å². The van der Waals surface area contributed by atoms with Crippen LogP contribution in [0.1, 0.15) is 47.0 Å². The summed E-state index contributed by atoms with van der Waals surface area (Å²) in [6.07, 6.45) is 2.26. The van der Waals surface area contributed by atoms with Gasteiger partial charge in [0.05, 0.1) is 11.5 Å². The van der Waals surface area contributed by atoms with Crippen molar-refractivity contribution in [3.63, 3.8) is 0 Å². The van der Waals surface area contributed by atoms with Gasteiger partial charge in [0.1, 0.15) is 0 Å². The Morgan fingerprint density at radius 1 is 1.06 bits per heavy atom. The highest BCUT2D eigenvalue weighted by molar-refractivity contribution is 6.99. The molecule has 4 nitrogen and oxygen atoms in total. The first-order valence-electron chi connectivity index (χ1n) is 11.2. The van der Waals surface area contributed by atoms with Crippen LogP contribution in [0, 0.1) is 11.3 Å². The Balaban J connectivity index is 1.93. The van der Waals surface area contributed by atoms with E-state index in [-0.39, 0.29) is 17.0 Å². The molecule has 3 rings (SSSR count). The van der Waals surface area contributed by atoms with Crippen LogP contribution in [0.15, 0.2) is 60.7 Å². The summed E-state index contributed by atoms with van der Waals surface area (Å²) in [5.74, 6) is 0.0599. The molecule has 0 spiro atoms. The summed E-state index contributed by atoms with van der Waals surface area (Å²) in [6.45, 7) is 9.47. The van der Waals surface area contributed by atoms with Gasteiger partial charge in [0.25, 0.3) is 8.32 Å². The fourth-order valence-corrected chi connectivity index (χ4v) is 9.78. The van der Waals surface area contributed by atoms with Crippen LogP contribution in [-0.4, -0.2) is 34.0 Å². The minimum atomic E-state index is -2.56. The number of carbonyl (C=O) groups excluding carboxylic acids is 1. The molecule has 1 unspecified atom stereocenters. The summed E-state index contributed by atoms with van der Waals surface area (Å²) >= 11 is 0. The summed E-state index contributed by atoms with van der Waals surface area (Å²) in [5, 5.41) is 2.52. The van der Waals surface area contributed by atoms with Crippen molar-refractivity contribution in [2.45, 2.75) is 58.1 Å². The van der Waals surface area contributed by atoms with Gasteiger partial charge in [-0.05, 0) is 47.5 Å². The van der Waals surface area contributed by atoms with E-state index >= 15 is 0 Å². The van der Waals surface area contributed by atoms with Crippen molar-refractivity contribution in [1.29, 1.82) is 0 Å². The molecule has 1 amide bonds. The highest BCUT2D eigenvalue weighted by atomic mass is 28.4. The van der Waals surface area contributed by atoms with Gasteiger partial charge in [0.2, 0.25) is 5.91 Å². The smallest absolute Gasteiger partial charge is 0.261 e. The van der Waals surface area contributed by atoms with Crippen LogP contribution in [0.2, 0.25) is 5.04 Å². The molecule has 1 aliphatic carbocycles. The van der Waals surface area contributed by atoms with Crippen molar-refractivity contribution in [1.82, 2.24) is 0 Å². The van der Waals surface area contributed by atoms with Crippen molar-refractivity contribution >= 4 is 24.6 Å². The Kier molecular flexibility index (Phi) is 7.09. The van der Waals surface area contributed by atoms with E-state index in [1.165, 1.54) is 10.4 Å². The zero-order chi connectivity index (χ0) is 22.7. The zero-order valence-corrected chi connectivity index (χ0v) is 20.6. The topological polar surface area (TPSA) is 61.6 Å². The van der Waals surface area contributed by atoms with E-state index in [0.29, 0.717) is 12.5 Å². The number of carbonyl (C=O) groups is 1. The van der Waals surface area contributed by atoms with Crippen LogP contribution in [0.3, 0.4) is 0 Å². The summed E-state index contributed by atoms with van der Waals surface area (Å²) in [5.41, 5.74) is 5.11. The SMILES string of the molecule is CO[C@H]1C[C@H](CO[Si](c2ccccc2)(c2ccccc2)C(C)(C)C)CCC1(C)C(N)=O. The molecule has 0 radical (unpaired) electrons. The van der Waals surface area contributed by atoms with Crippen LogP contribution < -0.4 is 16.1 Å². The maximum Gasteiger partial charge on any atom is 0.261 e. The van der Waals surface area contributed by atoms with Crippen molar-refractivity contribution in [2.75, 3.05) is 13.7 Å². The van der Waals surface area contributed by atoms with Gasteiger partial charge in [-0.3, -0.25) is 4.79 Å². The Morgan fingerprint density at radius 2 is 1.58 bits per heavy atom. The summed E-state index contributed by atoms with van der Waals surface area (Å²) in [4.78, 5) is 12.1. The molecule has 1 saturated carbocycles. The third-order valence-corrected chi connectivity index (χ3v) is 12.1. The zero-order valence-electron chi connectivity index (χ0n) is 19.6. The minimum absolute atomic E-state index is 0.0488. The maximum absolute atomic E-state index is 12.1. The third kappa shape index (κ3) is 4.50. The Hall–Kier alpha value is -1.95. The van der Waals surface area contributed by atoms with E-state index in [9.17, 15) is 4.79 Å². The molecule has 5 heteroatoms. The first-order chi connectivity index (χ1) is 14.6. The highest BCUT2D eigenvalue weighted by Gasteiger charge is 2.51. The van der Waals surface area contributed by atoms with E-state index in [4.69, 9.17) is 14.9 Å². The highest BCUT2D eigenvalue weighted by Crippen LogP contribution is 2.42. The standard InChI is InChI=1S/C26H37NO3Si/c1-25(2,3)31(21-12-8-6-9-13-21,22-14-10-7-11-15-22)30-19-20-16-17-26(4,24(27)28)23(18-20)29-5/h6-15,20,23H,16-19H2,1-5H3,(H2,27,28)/t20-,23+,26?/m1/s1. The molecule has 0 bridgehead atoms. The minimum Gasteiger partial charge on any atom is -0.407 e. The second-order valence-corrected chi connectivity index (χ2v) is 14.4. The number of rotatable bonds is 7. The lowest BCUT2D eigenvalue weighted by Gasteiger charge is -2.45. The molecule has 1 fully saturated rings. The quantitative estimate of drug-likeness (QED) is 0.666. The summed E-state index contributed by atoms with van der Waals surface area (Å²) in [6, 6.07) is 21.4. The number of methoxy groups -OCH3 is 1. The monoisotopic (exact) mass is 439 g/mol. The molecule has 31 heavy (non-hydrogen) atoms. The molecule has 0 aliphatic heterocycles. The first-order valence-corrected chi connectivity index (χ1v) is 13.1. The molecular formula is C26H37NO3Si. The van der Waals surface area contributed by atoms with E-state index in [2.05, 4.69) is 81.4 Å². The third-order valence-electron chi connectivity index (χ3n) is 7.13. The average Bonchev–Trinajstić information content (AvgIpc) is 2.75. The average molecular weight is 440 g/mol. The predicted molar refractivity (Wildman–Crippen MR) is 129 cm³/mol. The van der Waals surface area contributed by atoms with Crippen LogP contribution in [0.5, 0.6) is 0 Å².